The molecule has 0 aromatic heterocycles. The molecule has 0 aliphatic rings. The van der Waals surface area contributed by atoms with Gasteiger partial charge in [-0.3, -0.25) is 4.79 Å². The van der Waals surface area contributed by atoms with Crippen molar-refractivity contribution >= 4 is 11.6 Å². The quantitative estimate of drug-likeness (QED) is 0.787. The van der Waals surface area contributed by atoms with Gasteiger partial charge in [-0.2, -0.15) is 0 Å². The molecule has 0 unspecified atom stereocenters. The molecule has 2 aromatic carbocycles. The summed E-state index contributed by atoms with van der Waals surface area (Å²) in [5.41, 5.74) is 3.57. The van der Waals surface area contributed by atoms with E-state index in [1.54, 1.807) is 24.3 Å². The summed E-state index contributed by atoms with van der Waals surface area (Å²) in [5.74, 6) is 0.608. The summed E-state index contributed by atoms with van der Waals surface area (Å²) in [5, 5.41) is 2.97. The van der Waals surface area contributed by atoms with Gasteiger partial charge in [0.15, 0.2) is 0 Å². The van der Waals surface area contributed by atoms with Crippen molar-refractivity contribution < 1.29 is 14.3 Å². The molecule has 0 bridgehead atoms. The third-order valence-electron chi connectivity index (χ3n) is 3.54. The van der Waals surface area contributed by atoms with Crippen molar-refractivity contribution in [2.45, 2.75) is 20.8 Å². The van der Waals surface area contributed by atoms with E-state index in [9.17, 15) is 4.79 Å². The second kappa shape index (κ2) is 8.34. The molecule has 0 saturated carbocycles. The number of carbonyl (C=O) groups is 1. The summed E-state index contributed by atoms with van der Waals surface area (Å²) >= 11 is 0. The van der Waals surface area contributed by atoms with E-state index < -0.39 is 0 Å². The molecular formula is C19H23NO3. The second-order valence-electron chi connectivity index (χ2n) is 5.29. The Hall–Kier alpha value is -2.33. The summed E-state index contributed by atoms with van der Waals surface area (Å²) in [7, 11) is 0. The molecule has 2 rings (SSSR count). The molecule has 0 aliphatic heterocycles. The van der Waals surface area contributed by atoms with Crippen molar-refractivity contribution in [1.29, 1.82) is 0 Å². The zero-order chi connectivity index (χ0) is 16.7. The van der Waals surface area contributed by atoms with Crippen LogP contribution in [0.5, 0.6) is 5.75 Å². The number of nitrogens with one attached hydrogen (secondary N) is 1. The predicted octanol–water partition coefficient (Wildman–Crippen LogP) is 3.97. The fraction of sp³-hybridized carbons (Fsp3) is 0.316. The van der Waals surface area contributed by atoms with Gasteiger partial charge in [0.1, 0.15) is 12.4 Å². The van der Waals surface area contributed by atoms with Crippen LogP contribution in [0.25, 0.3) is 0 Å². The summed E-state index contributed by atoms with van der Waals surface area (Å²) in [6, 6.07) is 13.1. The van der Waals surface area contributed by atoms with Crippen LogP contribution in [-0.4, -0.2) is 25.7 Å². The molecule has 0 heterocycles. The molecule has 0 radical (unpaired) electrons. The first-order chi connectivity index (χ1) is 11.1. The number of para-hydroxylation sites is 1. The van der Waals surface area contributed by atoms with E-state index in [4.69, 9.17) is 9.47 Å². The molecule has 0 atom stereocenters. The Morgan fingerprint density at radius 1 is 1.00 bits per heavy atom. The summed E-state index contributed by atoms with van der Waals surface area (Å²) in [6.45, 7) is 7.66. The van der Waals surface area contributed by atoms with Gasteiger partial charge >= 0.3 is 0 Å². The molecule has 1 N–H and O–H groups in total. The highest BCUT2D eigenvalue weighted by molar-refractivity contribution is 6.05. The van der Waals surface area contributed by atoms with Gasteiger partial charge in [0, 0.05) is 17.9 Å². The Kier molecular flexibility index (Phi) is 6.18. The Balaban J connectivity index is 1.97. The number of amides is 1. The van der Waals surface area contributed by atoms with Gasteiger partial charge in [-0.15, -0.1) is 0 Å². The summed E-state index contributed by atoms with van der Waals surface area (Å²) < 4.78 is 10.8. The Morgan fingerprint density at radius 3 is 2.26 bits per heavy atom. The average molecular weight is 313 g/mol. The number of ether oxygens (including phenoxy) is 2. The number of benzene rings is 2. The van der Waals surface area contributed by atoms with Crippen LogP contribution in [0.1, 0.15) is 28.4 Å². The van der Waals surface area contributed by atoms with Crippen LogP contribution in [0.4, 0.5) is 5.69 Å². The van der Waals surface area contributed by atoms with E-state index in [2.05, 4.69) is 5.32 Å². The minimum absolute atomic E-state index is 0.122. The van der Waals surface area contributed by atoms with Crippen molar-refractivity contribution in [3.63, 3.8) is 0 Å². The van der Waals surface area contributed by atoms with Gasteiger partial charge in [0.2, 0.25) is 0 Å². The van der Waals surface area contributed by atoms with Crippen LogP contribution in [-0.2, 0) is 4.74 Å². The number of hydrogen-bond donors (Lipinski definition) is 1. The number of hydrogen-bond acceptors (Lipinski definition) is 3. The number of anilines is 1. The van der Waals surface area contributed by atoms with Gasteiger partial charge in [-0.1, -0.05) is 18.2 Å². The first-order valence-corrected chi connectivity index (χ1v) is 7.80. The van der Waals surface area contributed by atoms with Crippen molar-refractivity contribution in [2.24, 2.45) is 0 Å². The lowest BCUT2D eigenvalue weighted by atomic mass is 10.1. The first-order valence-electron chi connectivity index (χ1n) is 7.80. The zero-order valence-electron chi connectivity index (χ0n) is 13.9. The minimum atomic E-state index is -0.122. The lowest BCUT2D eigenvalue weighted by Gasteiger charge is -2.12. The van der Waals surface area contributed by atoms with E-state index in [-0.39, 0.29) is 5.91 Å². The topological polar surface area (TPSA) is 47.6 Å². The van der Waals surface area contributed by atoms with E-state index in [1.807, 2.05) is 39.0 Å². The van der Waals surface area contributed by atoms with Crippen LogP contribution in [0.2, 0.25) is 0 Å². The highest BCUT2D eigenvalue weighted by Gasteiger charge is 2.09. The van der Waals surface area contributed by atoms with E-state index >= 15 is 0 Å². The smallest absolute Gasteiger partial charge is 0.255 e. The summed E-state index contributed by atoms with van der Waals surface area (Å²) in [6.07, 6.45) is 0. The second-order valence-corrected chi connectivity index (χ2v) is 5.29. The van der Waals surface area contributed by atoms with Crippen LogP contribution < -0.4 is 10.1 Å². The van der Waals surface area contributed by atoms with Crippen LogP contribution >= 0.6 is 0 Å². The Labute approximate surface area is 137 Å². The molecule has 2 aromatic rings. The molecule has 0 fully saturated rings. The fourth-order valence-corrected chi connectivity index (χ4v) is 2.26. The molecular weight excluding hydrogens is 290 g/mol. The number of aryl methyl sites for hydroxylation is 2. The lowest BCUT2D eigenvalue weighted by Crippen LogP contribution is -2.13. The van der Waals surface area contributed by atoms with Crippen LogP contribution in [0.3, 0.4) is 0 Å². The largest absolute Gasteiger partial charge is 0.491 e. The molecule has 0 saturated heterocycles. The third-order valence-corrected chi connectivity index (χ3v) is 3.54. The number of rotatable bonds is 7. The summed E-state index contributed by atoms with van der Waals surface area (Å²) in [4.78, 5) is 12.4. The standard InChI is InChI=1S/C19H23NO3/c1-4-22-12-13-23-17-10-8-16(9-11-17)19(21)20-18-14(2)6-5-7-15(18)3/h5-11H,4,12-13H2,1-3H3,(H,20,21). The minimum Gasteiger partial charge on any atom is -0.491 e. The zero-order valence-corrected chi connectivity index (χ0v) is 13.9. The molecule has 122 valence electrons. The third kappa shape index (κ3) is 4.83. The van der Waals surface area contributed by atoms with Gasteiger partial charge in [0.05, 0.1) is 6.61 Å². The van der Waals surface area contributed by atoms with Crippen LogP contribution in [0.15, 0.2) is 42.5 Å². The van der Waals surface area contributed by atoms with Gasteiger partial charge in [0.25, 0.3) is 5.91 Å². The van der Waals surface area contributed by atoms with Gasteiger partial charge in [-0.25, -0.2) is 0 Å². The van der Waals surface area contributed by atoms with Crippen molar-refractivity contribution in [3.05, 3.63) is 59.2 Å². The van der Waals surface area contributed by atoms with Gasteiger partial charge in [-0.05, 0) is 56.2 Å². The maximum absolute atomic E-state index is 12.4. The highest BCUT2D eigenvalue weighted by atomic mass is 16.5. The van der Waals surface area contributed by atoms with E-state index in [0.29, 0.717) is 25.4 Å². The molecule has 0 aliphatic carbocycles. The lowest BCUT2D eigenvalue weighted by molar-refractivity contribution is 0.102. The van der Waals surface area contributed by atoms with E-state index in [1.165, 1.54) is 0 Å². The maximum atomic E-state index is 12.4. The maximum Gasteiger partial charge on any atom is 0.255 e. The molecule has 0 spiro atoms. The molecule has 1 amide bonds. The predicted molar refractivity (Wildman–Crippen MR) is 92.3 cm³/mol. The first kappa shape index (κ1) is 17.0. The molecule has 23 heavy (non-hydrogen) atoms. The number of carbonyl (C=O) groups excluding carboxylic acids is 1. The van der Waals surface area contributed by atoms with Crippen molar-refractivity contribution in [2.75, 3.05) is 25.1 Å². The molecule has 4 nitrogen and oxygen atoms in total. The van der Waals surface area contributed by atoms with Crippen molar-refractivity contribution in [3.8, 4) is 5.75 Å². The normalized spacial score (nSPS) is 10.4. The Morgan fingerprint density at radius 2 is 1.65 bits per heavy atom. The monoisotopic (exact) mass is 313 g/mol. The van der Waals surface area contributed by atoms with Crippen molar-refractivity contribution in [1.82, 2.24) is 0 Å². The Bertz CT molecular complexity index is 630. The fourth-order valence-electron chi connectivity index (χ4n) is 2.26. The highest BCUT2D eigenvalue weighted by Crippen LogP contribution is 2.21. The van der Waals surface area contributed by atoms with Gasteiger partial charge < -0.3 is 14.8 Å². The average Bonchev–Trinajstić information content (AvgIpc) is 2.55. The van der Waals surface area contributed by atoms with Crippen LogP contribution in [0, 0.1) is 13.8 Å². The SMILES string of the molecule is CCOCCOc1ccc(C(=O)Nc2c(C)cccc2C)cc1. The van der Waals surface area contributed by atoms with E-state index in [0.717, 1.165) is 22.6 Å². The molecule has 4 heteroatoms.